The lowest BCUT2D eigenvalue weighted by Crippen LogP contribution is -2.13. The quantitative estimate of drug-likeness (QED) is 0.540. The van der Waals surface area contributed by atoms with Crippen molar-refractivity contribution >= 4 is 29.6 Å². The second-order valence-corrected chi connectivity index (χ2v) is 5.43. The van der Waals surface area contributed by atoms with E-state index in [-0.39, 0.29) is 30.2 Å². The van der Waals surface area contributed by atoms with Crippen molar-refractivity contribution in [2.45, 2.75) is 12.8 Å². The highest BCUT2D eigenvalue weighted by atomic mass is 35.5. The van der Waals surface area contributed by atoms with Gasteiger partial charge in [-0.05, 0) is 23.8 Å². The molecule has 0 N–H and O–H groups in total. The molecule has 130 valence electrons. The number of hydrogen-bond acceptors (Lipinski definition) is 4. The highest BCUT2D eigenvalue weighted by molar-refractivity contribution is 6.32. The average molecular weight is 363 g/mol. The average Bonchev–Trinajstić information content (AvgIpc) is 2.61. The Balaban J connectivity index is 1.71. The molecule has 0 aliphatic carbocycles. The number of ether oxygens (including phenoxy) is 2. The number of carbonyl (C=O) groups is 2. The molecule has 6 heteroatoms. The number of para-hydroxylation sites is 1. The second kappa shape index (κ2) is 9.59. The van der Waals surface area contributed by atoms with E-state index in [1.807, 2.05) is 36.4 Å². The summed E-state index contributed by atoms with van der Waals surface area (Å²) >= 11 is 5.75. The van der Waals surface area contributed by atoms with Crippen molar-refractivity contribution in [3.8, 4) is 5.75 Å². The molecule has 0 aliphatic heterocycles. The van der Waals surface area contributed by atoms with Crippen molar-refractivity contribution in [2.24, 2.45) is 0 Å². The van der Waals surface area contributed by atoms with Crippen LogP contribution in [0.2, 0.25) is 5.02 Å². The Labute approximate surface area is 149 Å². The topological polar surface area (TPSA) is 52.6 Å². The van der Waals surface area contributed by atoms with E-state index in [2.05, 4.69) is 0 Å². The predicted octanol–water partition coefficient (Wildman–Crippen LogP) is 4.42. The van der Waals surface area contributed by atoms with E-state index in [0.29, 0.717) is 0 Å². The molecule has 2 aromatic rings. The van der Waals surface area contributed by atoms with Gasteiger partial charge in [-0.15, -0.1) is 0 Å². The van der Waals surface area contributed by atoms with Gasteiger partial charge in [-0.1, -0.05) is 54.1 Å². The molecule has 2 rings (SSSR count). The largest absolute Gasteiger partial charge is 0.461 e. The molecule has 0 aromatic heterocycles. The van der Waals surface area contributed by atoms with Gasteiger partial charge in [0.2, 0.25) is 0 Å². The highest BCUT2D eigenvalue weighted by Gasteiger charge is 2.14. The second-order valence-electron chi connectivity index (χ2n) is 5.02. The number of carbonyl (C=O) groups excluding carboxylic acids is 2. The zero-order valence-electron chi connectivity index (χ0n) is 13.3. The molecule has 0 saturated carbocycles. The summed E-state index contributed by atoms with van der Waals surface area (Å²) in [7, 11) is 0. The standard InChI is InChI=1S/C19H16ClFO4/c20-15-9-4-10-16(21)19(15)25-18(23)12-11-17(22)24-13-5-8-14-6-2-1-3-7-14/h1-10H,11-13H2/b8-5+. The van der Waals surface area contributed by atoms with E-state index in [9.17, 15) is 14.0 Å². The van der Waals surface area contributed by atoms with Gasteiger partial charge in [-0.2, -0.15) is 0 Å². The van der Waals surface area contributed by atoms with Crippen molar-refractivity contribution in [1.29, 1.82) is 0 Å². The summed E-state index contributed by atoms with van der Waals surface area (Å²) < 4.78 is 23.3. The van der Waals surface area contributed by atoms with Crippen LogP contribution in [0.4, 0.5) is 4.39 Å². The van der Waals surface area contributed by atoms with E-state index in [1.165, 1.54) is 12.1 Å². The van der Waals surface area contributed by atoms with E-state index < -0.39 is 17.8 Å². The minimum absolute atomic E-state index is 0.0121. The fourth-order valence-corrected chi connectivity index (χ4v) is 2.11. The molecule has 0 aliphatic rings. The Hall–Kier alpha value is -2.66. The summed E-state index contributed by atoms with van der Waals surface area (Å²) in [5.74, 6) is -2.39. The molecule has 0 radical (unpaired) electrons. The maximum atomic E-state index is 13.5. The van der Waals surface area contributed by atoms with Gasteiger partial charge in [0.05, 0.1) is 17.9 Å². The van der Waals surface area contributed by atoms with E-state index in [0.717, 1.165) is 11.6 Å². The highest BCUT2D eigenvalue weighted by Crippen LogP contribution is 2.27. The van der Waals surface area contributed by atoms with Gasteiger partial charge >= 0.3 is 11.9 Å². The minimum Gasteiger partial charge on any atom is -0.461 e. The minimum atomic E-state index is -0.760. The summed E-state index contributed by atoms with van der Waals surface area (Å²) in [5, 5.41) is -0.0121. The lowest BCUT2D eigenvalue weighted by Gasteiger charge is -2.07. The van der Waals surface area contributed by atoms with Gasteiger partial charge in [-0.3, -0.25) is 9.59 Å². The number of hydrogen-bond donors (Lipinski definition) is 0. The Kier molecular flexibility index (Phi) is 7.16. The Morgan fingerprint density at radius 3 is 2.44 bits per heavy atom. The fraction of sp³-hybridized carbons (Fsp3) is 0.158. The molecule has 0 amide bonds. The molecule has 0 unspecified atom stereocenters. The summed E-state index contributed by atoms with van der Waals surface area (Å²) in [6.45, 7) is 0.0991. The first kappa shape index (κ1) is 18.7. The van der Waals surface area contributed by atoms with Crippen molar-refractivity contribution in [2.75, 3.05) is 6.61 Å². The van der Waals surface area contributed by atoms with E-state index in [4.69, 9.17) is 21.1 Å². The molecular formula is C19H16ClFO4. The van der Waals surface area contributed by atoms with Crippen molar-refractivity contribution in [1.82, 2.24) is 0 Å². The van der Waals surface area contributed by atoms with Gasteiger partial charge < -0.3 is 9.47 Å². The SMILES string of the molecule is O=C(CCC(=O)Oc1c(F)cccc1Cl)OC/C=C/c1ccccc1. The summed E-state index contributed by atoms with van der Waals surface area (Å²) in [6, 6.07) is 13.5. The van der Waals surface area contributed by atoms with Crippen LogP contribution in [-0.4, -0.2) is 18.5 Å². The lowest BCUT2D eigenvalue weighted by atomic mass is 10.2. The van der Waals surface area contributed by atoms with Crippen LogP contribution in [0.5, 0.6) is 5.75 Å². The summed E-state index contributed by atoms with van der Waals surface area (Å²) in [4.78, 5) is 23.2. The monoisotopic (exact) mass is 362 g/mol. The first-order valence-electron chi connectivity index (χ1n) is 7.58. The van der Waals surface area contributed by atoms with Crippen LogP contribution in [0.1, 0.15) is 18.4 Å². The van der Waals surface area contributed by atoms with Crippen LogP contribution in [0, 0.1) is 5.82 Å². The first-order valence-corrected chi connectivity index (χ1v) is 7.96. The molecule has 0 saturated heterocycles. The van der Waals surface area contributed by atoms with Gasteiger partial charge in [0.1, 0.15) is 6.61 Å². The Morgan fingerprint density at radius 2 is 1.72 bits per heavy atom. The third-order valence-electron chi connectivity index (χ3n) is 3.12. The van der Waals surface area contributed by atoms with Crippen LogP contribution < -0.4 is 4.74 Å². The Bertz CT molecular complexity index is 739. The van der Waals surface area contributed by atoms with Crippen LogP contribution in [0.25, 0.3) is 6.08 Å². The van der Waals surface area contributed by atoms with Crippen LogP contribution in [0.3, 0.4) is 0 Å². The normalized spacial score (nSPS) is 10.6. The maximum absolute atomic E-state index is 13.5. The van der Waals surface area contributed by atoms with Crippen molar-refractivity contribution < 1.29 is 23.5 Å². The van der Waals surface area contributed by atoms with Crippen molar-refractivity contribution in [3.63, 3.8) is 0 Å². The zero-order valence-corrected chi connectivity index (χ0v) is 14.0. The summed E-state index contributed by atoms with van der Waals surface area (Å²) in [5.41, 5.74) is 0.990. The fourth-order valence-electron chi connectivity index (χ4n) is 1.91. The third-order valence-corrected chi connectivity index (χ3v) is 3.42. The number of halogens is 2. The zero-order chi connectivity index (χ0) is 18.1. The molecule has 0 spiro atoms. The third kappa shape index (κ3) is 6.39. The Morgan fingerprint density at radius 1 is 1.00 bits per heavy atom. The first-order chi connectivity index (χ1) is 12.1. The number of benzene rings is 2. The lowest BCUT2D eigenvalue weighted by molar-refractivity contribution is -0.146. The molecular weight excluding hydrogens is 347 g/mol. The maximum Gasteiger partial charge on any atom is 0.311 e. The number of rotatable bonds is 7. The van der Waals surface area contributed by atoms with Gasteiger partial charge in [0.25, 0.3) is 0 Å². The predicted molar refractivity (Wildman–Crippen MR) is 92.7 cm³/mol. The van der Waals surface area contributed by atoms with E-state index >= 15 is 0 Å². The van der Waals surface area contributed by atoms with Crippen LogP contribution in [-0.2, 0) is 14.3 Å². The molecule has 2 aromatic carbocycles. The molecule has 25 heavy (non-hydrogen) atoms. The van der Waals surface area contributed by atoms with Crippen molar-refractivity contribution in [3.05, 3.63) is 71.0 Å². The molecule has 0 bridgehead atoms. The molecule has 0 atom stereocenters. The van der Waals surface area contributed by atoms with Crippen LogP contribution in [0.15, 0.2) is 54.6 Å². The summed E-state index contributed by atoms with van der Waals surface area (Å²) in [6.07, 6.45) is 3.13. The number of esters is 2. The molecule has 0 heterocycles. The smallest absolute Gasteiger partial charge is 0.311 e. The van der Waals surface area contributed by atoms with Gasteiger partial charge in [0, 0.05) is 0 Å². The van der Waals surface area contributed by atoms with Crippen LogP contribution >= 0.6 is 11.6 Å². The van der Waals surface area contributed by atoms with E-state index in [1.54, 1.807) is 6.08 Å². The van der Waals surface area contributed by atoms with Gasteiger partial charge in [0.15, 0.2) is 11.6 Å². The van der Waals surface area contributed by atoms with Gasteiger partial charge in [-0.25, -0.2) is 4.39 Å². The molecule has 0 fully saturated rings. The molecule has 4 nitrogen and oxygen atoms in total.